The highest BCUT2D eigenvalue weighted by molar-refractivity contribution is 5.80. The first-order valence-corrected chi connectivity index (χ1v) is 10.1. The predicted molar refractivity (Wildman–Crippen MR) is 106 cm³/mol. The Morgan fingerprint density at radius 2 is 1.75 bits per heavy atom. The lowest BCUT2D eigenvalue weighted by molar-refractivity contribution is -0.122. The van der Waals surface area contributed by atoms with E-state index < -0.39 is 17.0 Å². The molecule has 0 atom stereocenters. The second-order valence-electron chi connectivity index (χ2n) is 8.36. The molecular weight excluding hydrogens is 358 g/mol. The van der Waals surface area contributed by atoms with Crippen molar-refractivity contribution in [2.75, 3.05) is 0 Å². The number of aromatic hydroxyl groups is 1. The summed E-state index contributed by atoms with van der Waals surface area (Å²) >= 11 is 0. The monoisotopic (exact) mass is 386 g/mol. The van der Waals surface area contributed by atoms with Crippen LogP contribution < -0.4 is 0 Å². The highest BCUT2D eigenvalue weighted by atomic mass is 19.1. The molecule has 150 valence electrons. The first-order chi connectivity index (χ1) is 13.3. The van der Waals surface area contributed by atoms with Crippen LogP contribution in [0.15, 0.2) is 42.5 Å². The van der Waals surface area contributed by atoms with Crippen LogP contribution in [0.1, 0.15) is 63.5 Å². The fraction of sp³-hybridized carbons (Fsp3) is 0.458. The summed E-state index contributed by atoms with van der Waals surface area (Å²) in [5.41, 5.74) is 0.666. The molecule has 4 heteroatoms. The first-order valence-electron chi connectivity index (χ1n) is 10.1. The van der Waals surface area contributed by atoms with Crippen LogP contribution in [0.2, 0.25) is 0 Å². The lowest BCUT2D eigenvalue weighted by atomic mass is 9.62. The summed E-state index contributed by atoms with van der Waals surface area (Å²) in [6.07, 6.45) is 4.55. The summed E-state index contributed by atoms with van der Waals surface area (Å²) in [6.45, 7) is 3.84. The number of ketones is 1. The molecule has 1 aliphatic rings. The molecule has 0 aliphatic heterocycles. The number of Topliss-reactive ketones (excluding diaryl/α,β-unsaturated/α-hetero) is 1. The average Bonchev–Trinajstić information content (AvgIpc) is 2.69. The summed E-state index contributed by atoms with van der Waals surface area (Å²) in [4.78, 5) is 12.0. The lowest BCUT2D eigenvalue weighted by Gasteiger charge is -2.41. The Morgan fingerprint density at radius 1 is 1.11 bits per heavy atom. The van der Waals surface area contributed by atoms with E-state index in [1.807, 2.05) is 26.0 Å². The van der Waals surface area contributed by atoms with Crippen molar-refractivity contribution in [1.29, 1.82) is 0 Å². The average molecular weight is 386 g/mol. The van der Waals surface area contributed by atoms with Gasteiger partial charge in [0.25, 0.3) is 0 Å². The van der Waals surface area contributed by atoms with Crippen LogP contribution >= 0.6 is 0 Å². The van der Waals surface area contributed by atoms with Crippen molar-refractivity contribution in [1.82, 2.24) is 0 Å². The molecule has 1 saturated carbocycles. The van der Waals surface area contributed by atoms with E-state index in [1.165, 1.54) is 12.1 Å². The van der Waals surface area contributed by atoms with Gasteiger partial charge >= 0.3 is 0 Å². The first kappa shape index (κ1) is 20.5. The number of rotatable bonds is 6. The van der Waals surface area contributed by atoms with Crippen LogP contribution in [0.3, 0.4) is 0 Å². The molecule has 0 bridgehead atoms. The minimum absolute atomic E-state index is 0.0565. The van der Waals surface area contributed by atoms with E-state index in [9.17, 15) is 18.7 Å². The SMILES string of the molecule is CC(C)C(=O)CCC1CCC(c2ccc(O)cc2)(c2cc(F)ccc2F)CC1. The fourth-order valence-electron chi connectivity index (χ4n) is 4.45. The van der Waals surface area contributed by atoms with E-state index >= 15 is 0 Å². The predicted octanol–water partition coefficient (Wildman–Crippen LogP) is 6.15. The topological polar surface area (TPSA) is 37.3 Å². The molecule has 1 N–H and O–H groups in total. The zero-order valence-corrected chi connectivity index (χ0v) is 16.6. The van der Waals surface area contributed by atoms with Gasteiger partial charge < -0.3 is 5.11 Å². The van der Waals surface area contributed by atoms with E-state index in [0.717, 1.165) is 30.9 Å². The Labute approximate surface area is 165 Å². The number of halogens is 2. The van der Waals surface area contributed by atoms with Gasteiger partial charge in [0.15, 0.2) is 0 Å². The second kappa shape index (κ2) is 8.42. The maximum Gasteiger partial charge on any atom is 0.135 e. The van der Waals surface area contributed by atoms with Crippen molar-refractivity contribution in [3.63, 3.8) is 0 Å². The third-order valence-corrected chi connectivity index (χ3v) is 6.27. The molecule has 0 radical (unpaired) electrons. The molecule has 0 unspecified atom stereocenters. The zero-order valence-electron chi connectivity index (χ0n) is 16.6. The van der Waals surface area contributed by atoms with Crippen LogP contribution in [-0.4, -0.2) is 10.9 Å². The number of carbonyl (C=O) groups excluding carboxylic acids is 1. The molecule has 2 aromatic carbocycles. The molecule has 2 nitrogen and oxygen atoms in total. The minimum Gasteiger partial charge on any atom is -0.508 e. The van der Waals surface area contributed by atoms with Gasteiger partial charge in [-0.25, -0.2) is 8.78 Å². The Morgan fingerprint density at radius 3 is 2.36 bits per heavy atom. The molecule has 2 aromatic rings. The van der Waals surface area contributed by atoms with Crippen molar-refractivity contribution in [3.05, 3.63) is 65.2 Å². The van der Waals surface area contributed by atoms with Crippen molar-refractivity contribution in [3.8, 4) is 5.75 Å². The van der Waals surface area contributed by atoms with Gasteiger partial charge in [-0.1, -0.05) is 26.0 Å². The molecule has 1 aliphatic carbocycles. The van der Waals surface area contributed by atoms with E-state index in [-0.39, 0.29) is 17.5 Å². The van der Waals surface area contributed by atoms with Gasteiger partial charge in [0.2, 0.25) is 0 Å². The Kier molecular flexibility index (Phi) is 6.17. The molecule has 0 spiro atoms. The van der Waals surface area contributed by atoms with Gasteiger partial charge in [-0.15, -0.1) is 0 Å². The highest BCUT2D eigenvalue weighted by Crippen LogP contribution is 2.48. The quantitative estimate of drug-likeness (QED) is 0.646. The molecule has 28 heavy (non-hydrogen) atoms. The Bertz CT molecular complexity index is 819. The largest absolute Gasteiger partial charge is 0.508 e. The summed E-state index contributed by atoms with van der Waals surface area (Å²) in [5.74, 6) is 0.0683. The van der Waals surface area contributed by atoms with Crippen LogP contribution in [0.5, 0.6) is 5.75 Å². The Hall–Kier alpha value is -2.23. The molecule has 1 fully saturated rings. The smallest absolute Gasteiger partial charge is 0.135 e. The molecule has 3 rings (SSSR count). The van der Waals surface area contributed by atoms with Crippen LogP contribution in [0.4, 0.5) is 8.78 Å². The summed E-state index contributed by atoms with van der Waals surface area (Å²) in [7, 11) is 0. The van der Waals surface area contributed by atoms with Gasteiger partial charge in [-0.2, -0.15) is 0 Å². The van der Waals surface area contributed by atoms with Crippen LogP contribution in [0.25, 0.3) is 0 Å². The van der Waals surface area contributed by atoms with Gasteiger partial charge in [0.1, 0.15) is 23.2 Å². The van der Waals surface area contributed by atoms with E-state index in [4.69, 9.17) is 0 Å². The number of benzene rings is 2. The molecule has 0 saturated heterocycles. The van der Waals surface area contributed by atoms with Crippen molar-refractivity contribution >= 4 is 5.78 Å². The number of carbonyl (C=O) groups is 1. The van der Waals surface area contributed by atoms with Gasteiger partial charge in [0, 0.05) is 23.3 Å². The van der Waals surface area contributed by atoms with Gasteiger partial charge in [-0.3, -0.25) is 4.79 Å². The molecular formula is C24H28F2O2. The third kappa shape index (κ3) is 4.26. The number of hydrogen-bond acceptors (Lipinski definition) is 2. The molecule has 0 heterocycles. The van der Waals surface area contributed by atoms with Crippen LogP contribution in [0, 0.1) is 23.5 Å². The van der Waals surface area contributed by atoms with Crippen LogP contribution in [-0.2, 0) is 10.2 Å². The highest BCUT2D eigenvalue weighted by Gasteiger charge is 2.40. The minimum atomic E-state index is -0.613. The summed E-state index contributed by atoms with van der Waals surface area (Å²) in [6, 6.07) is 10.5. The van der Waals surface area contributed by atoms with Crippen molar-refractivity contribution in [2.45, 2.75) is 57.8 Å². The van der Waals surface area contributed by atoms with E-state index in [0.29, 0.717) is 30.7 Å². The van der Waals surface area contributed by atoms with Crippen molar-refractivity contribution in [2.24, 2.45) is 11.8 Å². The standard InChI is InChI=1S/C24H28F2O2/c1-16(2)23(28)10-3-17-11-13-24(14-12-17,18-4-7-20(27)8-5-18)21-15-19(25)6-9-22(21)26/h4-9,15-17,27H,3,10-14H2,1-2H3. The van der Waals surface area contributed by atoms with Gasteiger partial charge in [0.05, 0.1) is 0 Å². The number of phenols is 1. The summed E-state index contributed by atoms with van der Waals surface area (Å²) in [5, 5.41) is 9.65. The maximum absolute atomic E-state index is 14.7. The lowest BCUT2D eigenvalue weighted by Crippen LogP contribution is -2.34. The van der Waals surface area contributed by atoms with Crippen molar-refractivity contribution < 1.29 is 18.7 Å². The molecule has 0 amide bonds. The normalized spacial score (nSPS) is 22.4. The van der Waals surface area contributed by atoms with E-state index in [2.05, 4.69) is 0 Å². The Balaban J connectivity index is 1.87. The number of hydrogen-bond donors (Lipinski definition) is 1. The second-order valence-corrected chi connectivity index (χ2v) is 8.36. The van der Waals surface area contributed by atoms with Gasteiger partial charge in [-0.05, 0) is 73.9 Å². The fourth-order valence-corrected chi connectivity index (χ4v) is 4.45. The van der Waals surface area contributed by atoms with E-state index in [1.54, 1.807) is 12.1 Å². The molecule has 0 aromatic heterocycles. The summed E-state index contributed by atoms with van der Waals surface area (Å²) < 4.78 is 28.7. The zero-order chi connectivity index (χ0) is 20.3. The third-order valence-electron chi connectivity index (χ3n) is 6.27. The maximum atomic E-state index is 14.7. The number of phenolic OH excluding ortho intramolecular Hbond substituents is 1.